The fourth-order valence-corrected chi connectivity index (χ4v) is 2.72. The van der Waals surface area contributed by atoms with E-state index in [2.05, 4.69) is 19.2 Å². The molecule has 2 N–H and O–H groups in total. The van der Waals surface area contributed by atoms with Gasteiger partial charge < -0.3 is 10.4 Å². The van der Waals surface area contributed by atoms with Crippen molar-refractivity contribution >= 4 is 0 Å². The SMILES string of the molecule is CCCCC(CCC)N[C@H]1CCCC[C@@H]1O. The molecule has 0 aromatic heterocycles. The lowest BCUT2D eigenvalue weighted by molar-refractivity contribution is 0.0831. The maximum Gasteiger partial charge on any atom is 0.0693 e. The van der Waals surface area contributed by atoms with Gasteiger partial charge in [-0.15, -0.1) is 0 Å². The number of hydrogen-bond acceptors (Lipinski definition) is 2. The Bertz CT molecular complexity index is 172. The van der Waals surface area contributed by atoms with Gasteiger partial charge in [-0.25, -0.2) is 0 Å². The van der Waals surface area contributed by atoms with Gasteiger partial charge in [-0.05, 0) is 25.7 Å². The van der Waals surface area contributed by atoms with Crippen molar-refractivity contribution in [3.8, 4) is 0 Å². The van der Waals surface area contributed by atoms with E-state index in [9.17, 15) is 5.11 Å². The lowest BCUT2D eigenvalue weighted by Crippen LogP contribution is -2.47. The van der Waals surface area contributed by atoms with E-state index in [1.807, 2.05) is 0 Å². The third-order valence-corrected chi connectivity index (χ3v) is 3.72. The smallest absolute Gasteiger partial charge is 0.0693 e. The van der Waals surface area contributed by atoms with E-state index >= 15 is 0 Å². The molecule has 1 aliphatic rings. The van der Waals surface area contributed by atoms with Crippen molar-refractivity contribution in [2.75, 3.05) is 0 Å². The molecule has 16 heavy (non-hydrogen) atoms. The summed E-state index contributed by atoms with van der Waals surface area (Å²) in [7, 11) is 0. The summed E-state index contributed by atoms with van der Waals surface area (Å²) in [6.07, 6.45) is 10.9. The summed E-state index contributed by atoms with van der Waals surface area (Å²) >= 11 is 0. The molecule has 0 heterocycles. The van der Waals surface area contributed by atoms with Crippen LogP contribution in [0.25, 0.3) is 0 Å². The molecule has 0 spiro atoms. The van der Waals surface area contributed by atoms with E-state index in [1.165, 1.54) is 44.9 Å². The number of unbranched alkanes of at least 4 members (excludes halogenated alkanes) is 1. The molecular weight excluding hydrogens is 198 g/mol. The average Bonchev–Trinajstić information content (AvgIpc) is 2.29. The molecule has 0 aromatic carbocycles. The number of hydrogen-bond donors (Lipinski definition) is 2. The molecule has 96 valence electrons. The lowest BCUT2D eigenvalue weighted by Gasteiger charge is -2.32. The topological polar surface area (TPSA) is 32.3 Å². The largest absolute Gasteiger partial charge is 0.392 e. The van der Waals surface area contributed by atoms with Gasteiger partial charge in [-0.1, -0.05) is 46.0 Å². The van der Waals surface area contributed by atoms with Gasteiger partial charge in [-0.3, -0.25) is 0 Å². The average molecular weight is 227 g/mol. The third-order valence-electron chi connectivity index (χ3n) is 3.72. The molecule has 0 saturated heterocycles. The standard InChI is InChI=1S/C14H29NO/c1-3-5-9-12(8-4-2)15-13-10-6-7-11-14(13)16/h12-16H,3-11H2,1-2H3/t12?,13-,14-/m0/s1. The molecule has 1 unspecified atom stereocenters. The second kappa shape index (κ2) is 8.08. The number of aliphatic hydroxyl groups is 1. The molecule has 2 nitrogen and oxygen atoms in total. The van der Waals surface area contributed by atoms with E-state index in [1.54, 1.807) is 0 Å². The predicted octanol–water partition coefficient (Wildman–Crippen LogP) is 3.24. The van der Waals surface area contributed by atoms with Crippen molar-refractivity contribution in [1.82, 2.24) is 5.32 Å². The minimum Gasteiger partial charge on any atom is -0.392 e. The van der Waals surface area contributed by atoms with E-state index in [4.69, 9.17) is 0 Å². The Balaban J connectivity index is 2.33. The van der Waals surface area contributed by atoms with Crippen molar-refractivity contribution in [3.63, 3.8) is 0 Å². The summed E-state index contributed by atoms with van der Waals surface area (Å²) < 4.78 is 0. The maximum atomic E-state index is 9.95. The Morgan fingerprint density at radius 3 is 2.50 bits per heavy atom. The quantitative estimate of drug-likeness (QED) is 0.700. The van der Waals surface area contributed by atoms with Crippen LogP contribution in [0.2, 0.25) is 0 Å². The number of aliphatic hydroxyl groups excluding tert-OH is 1. The molecule has 0 bridgehead atoms. The van der Waals surface area contributed by atoms with Crippen LogP contribution < -0.4 is 5.32 Å². The van der Waals surface area contributed by atoms with Gasteiger partial charge in [0.1, 0.15) is 0 Å². The van der Waals surface area contributed by atoms with Gasteiger partial charge in [0.25, 0.3) is 0 Å². The van der Waals surface area contributed by atoms with Gasteiger partial charge in [0, 0.05) is 12.1 Å². The second-order valence-electron chi connectivity index (χ2n) is 5.25. The molecule has 1 fully saturated rings. The third kappa shape index (κ3) is 4.84. The highest BCUT2D eigenvalue weighted by Crippen LogP contribution is 2.20. The van der Waals surface area contributed by atoms with E-state index in [0.717, 1.165) is 12.8 Å². The van der Waals surface area contributed by atoms with Crippen molar-refractivity contribution in [2.24, 2.45) is 0 Å². The molecule has 0 aromatic rings. The van der Waals surface area contributed by atoms with E-state index < -0.39 is 0 Å². The van der Waals surface area contributed by atoms with Crippen molar-refractivity contribution in [3.05, 3.63) is 0 Å². The van der Waals surface area contributed by atoms with Crippen LogP contribution >= 0.6 is 0 Å². The first-order valence-electron chi connectivity index (χ1n) is 7.22. The molecule has 3 atom stereocenters. The van der Waals surface area contributed by atoms with Crippen LogP contribution in [0.1, 0.15) is 71.6 Å². The van der Waals surface area contributed by atoms with Crippen LogP contribution in [0.3, 0.4) is 0 Å². The molecular formula is C14H29NO. The molecule has 1 rings (SSSR count). The van der Waals surface area contributed by atoms with Crippen LogP contribution in [-0.2, 0) is 0 Å². The minimum absolute atomic E-state index is 0.102. The molecule has 0 radical (unpaired) electrons. The fourth-order valence-electron chi connectivity index (χ4n) is 2.72. The zero-order valence-corrected chi connectivity index (χ0v) is 11.0. The summed E-state index contributed by atoms with van der Waals surface area (Å²) in [4.78, 5) is 0. The fraction of sp³-hybridized carbons (Fsp3) is 1.00. The van der Waals surface area contributed by atoms with Crippen LogP contribution in [0, 0.1) is 0 Å². The Kier molecular flexibility index (Phi) is 7.06. The zero-order chi connectivity index (χ0) is 11.8. The summed E-state index contributed by atoms with van der Waals surface area (Å²) in [6.45, 7) is 4.50. The number of rotatable bonds is 7. The molecule has 0 amide bonds. The summed E-state index contributed by atoms with van der Waals surface area (Å²) in [5.41, 5.74) is 0. The number of nitrogens with one attached hydrogen (secondary N) is 1. The Labute approximate surface area is 101 Å². The minimum atomic E-state index is -0.102. The van der Waals surface area contributed by atoms with E-state index in [0.29, 0.717) is 12.1 Å². The maximum absolute atomic E-state index is 9.95. The predicted molar refractivity (Wildman–Crippen MR) is 69.6 cm³/mol. The van der Waals surface area contributed by atoms with Crippen LogP contribution in [0.5, 0.6) is 0 Å². The van der Waals surface area contributed by atoms with Crippen molar-refractivity contribution < 1.29 is 5.11 Å². The van der Waals surface area contributed by atoms with Gasteiger partial charge in [0.15, 0.2) is 0 Å². The van der Waals surface area contributed by atoms with Gasteiger partial charge in [0.2, 0.25) is 0 Å². The molecule has 2 heteroatoms. The van der Waals surface area contributed by atoms with Crippen molar-refractivity contribution in [1.29, 1.82) is 0 Å². The van der Waals surface area contributed by atoms with Gasteiger partial charge >= 0.3 is 0 Å². The van der Waals surface area contributed by atoms with E-state index in [-0.39, 0.29) is 6.10 Å². The highest BCUT2D eigenvalue weighted by atomic mass is 16.3. The monoisotopic (exact) mass is 227 g/mol. The van der Waals surface area contributed by atoms with Crippen LogP contribution in [-0.4, -0.2) is 23.3 Å². The first-order chi connectivity index (χ1) is 7.77. The molecule has 1 aliphatic carbocycles. The van der Waals surface area contributed by atoms with Crippen LogP contribution in [0.15, 0.2) is 0 Å². The Morgan fingerprint density at radius 2 is 1.88 bits per heavy atom. The summed E-state index contributed by atoms with van der Waals surface area (Å²) in [6, 6.07) is 0.991. The van der Waals surface area contributed by atoms with Crippen molar-refractivity contribution in [2.45, 2.75) is 89.8 Å². The van der Waals surface area contributed by atoms with Gasteiger partial charge in [0.05, 0.1) is 6.10 Å². The first-order valence-corrected chi connectivity index (χ1v) is 7.22. The summed E-state index contributed by atoms with van der Waals surface area (Å²) in [5.74, 6) is 0. The highest BCUT2D eigenvalue weighted by molar-refractivity contribution is 4.83. The first kappa shape index (κ1) is 14.0. The Hall–Kier alpha value is -0.0800. The highest BCUT2D eigenvalue weighted by Gasteiger charge is 2.24. The lowest BCUT2D eigenvalue weighted by atomic mass is 9.91. The van der Waals surface area contributed by atoms with Crippen LogP contribution in [0.4, 0.5) is 0 Å². The Morgan fingerprint density at radius 1 is 1.12 bits per heavy atom. The van der Waals surface area contributed by atoms with Gasteiger partial charge in [-0.2, -0.15) is 0 Å². The molecule has 0 aliphatic heterocycles. The zero-order valence-electron chi connectivity index (χ0n) is 11.0. The summed E-state index contributed by atoms with van der Waals surface area (Å²) in [5, 5.41) is 13.6. The normalized spacial score (nSPS) is 27.9. The second-order valence-corrected chi connectivity index (χ2v) is 5.25. The molecule has 1 saturated carbocycles.